The number of hydrogen-bond donors (Lipinski definition) is 0. The third kappa shape index (κ3) is 4.58. The van der Waals surface area contributed by atoms with E-state index in [9.17, 15) is 18.0 Å². The van der Waals surface area contributed by atoms with Crippen LogP contribution in [0.3, 0.4) is 0 Å². The largest absolute Gasteiger partial charge is 0.444 e. The van der Waals surface area contributed by atoms with Crippen molar-refractivity contribution in [3.05, 3.63) is 34.9 Å². The Kier molecular flexibility index (Phi) is 4.98. The van der Waals surface area contributed by atoms with Gasteiger partial charge in [-0.3, -0.25) is 0 Å². The van der Waals surface area contributed by atoms with E-state index in [1.807, 2.05) is 20.8 Å². The molecule has 0 unspecified atom stereocenters. The fraction of sp³-hybridized carbons (Fsp3) is 0.667. The third-order valence-electron chi connectivity index (χ3n) is 5.69. The third-order valence-corrected chi connectivity index (χ3v) is 5.69. The lowest BCUT2D eigenvalue weighted by Gasteiger charge is -2.48. The van der Waals surface area contributed by atoms with Crippen molar-refractivity contribution in [2.45, 2.75) is 65.2 Å². The lowest BCUT2D eigenvalue weighted by Crippen LogP contribution is -2.58. The van der Waals surface area contributed by atoms with Crippen LogP contribution in [-0.2, 0) is 17.3 Å². The summed E-state index contributed by atoms with van der Waals surface area (Å²) in [4.78, 5) is 13.9. The molecule has 1 saturated carbocycles. The van der Waals surface area contributed by atoms with Gasteiger partial charge in [-0.25, -0.2) is 4.79 Å². The Balaban J connectivity index is 1.55. The van der Waals surface area contributed by atoms with Crippen molar-refractivity contribution >= 4 is 6.09 Å². The molecule has 1 atom stereocenters. The summed E-state index contributed by atoms with van der Waals surface area (Å²) in [5.74, 6) is 0.459. The van der Waals surface area contributed by atoms with Gasteiger partial charge in [-0.1, -0.05) is 6.07 Å². The molecule has 1 spiro atoms. The van der Waals surface area contributed by atoms with Crippen LogP contribution in [-0.4, -0.2) is 29.7 Å². The second-order valence-electron chi connectivity index (χ2n) is 9.29. The number of carbonyl (C=O) groups excluding carboxylic acids is 1. The molecule has 3 nitrogen and oxygen atoms in total. The highest BCUT2D eigenvalue weighted by atomic mass is 19.4. The van der Waals surface area contributed by atoms with E-state index in [-0.39, 0.29) is 11.5 Å². The average molecular weight is 383 g/mol. The number of benzene rings is 1. The molecule has 0 radical (unpaired) electrons. The molecular weight excluding hydrogens is 355 g/mol. The Bertz CT molecular complexity index is 715. The molecule has 1 aliphatic heterocycles. The van der Waals surface area contributed by atoms with Gasteiger partial charge in [0.25, 0.3) is 0 Å². The molecule has 0 aromatic heterocycles. The molecule has 27 heavy (non-hydrogen) atoms. The van der Waals surface area contributed by atoms with E-state index < -0.39 is 17.3 Å². The van der Waals surface area contributed by atoms with Gasteiger partial charge in [0.2, 0.25) is 0 Å². The van der Waals surface area contributed by atoms with Gasteiger partial charge < -0.3 is 9.64 Å². The molecule has 0 bridgehead atoms. The number of aryl methyl sites for hydroxylation is 1. The summed E-state index contributed by atoms with van der Waals surface area (Å²) in [6.45, 7) is 8.78. The molecule has 0 N–H and O–H groups in total. The van der Waals surface area contributed by atoms with Crippen LogP contribution in [0.2, 0.25) is 0 Å². The zero-order valence-corrected chi connectivity index (χ0v) is 16.4. The topological polar surface area (TPSA) is 29.5 Å². The summed E-state index contributed by atoms with van der Waals surface area (Å²) in [7, 11) is 0. The molecular formula is C21H28F3NO2. The normalized spacial score (nSPS) is 22.0. The van der Waals surface area contributed by atoms with Crippen molar-refractivity contribution < 1.29 is 22.7 Å². The minimum Gasteiger partial charge on any atom is -0.444 e. The Labute approximate surface area is 158 Å². The zero-order valence-electron chi connectivity index (χ0n) is 16.4. The fourth-order valence-electron chi connectivity index (χ4n) is 4.42. The Morgan fingerprint density at radius 2 is 1.93 bits per heavy atom. The highest BCUT2D eigenvalue weighted by Crippen LogP contribution is 2.49. The van der Waals surface area contributed by atoms with Crippen LogP contribution in [0.1, 0.15) is 56.7 Å². The molecule has 1 amide bonds. The first-order valence-corrected chi connectivity index (χ1v) is 9.52. The summed E-state index contributed by atoms with van der Waals surface area (Å²) in [6, 6.07) is 4.05. The van der Waals surface area contributed by atoms with Crippen LogP contribution in [0.5, 0.6) is 0 Å². The Morgan fingerprint density at radius 3 is 2.48 bits per heavy atom. The molecule has 1 saturated heterocycles. The smallest absolute Gasteiger partial charge is 0.416 e. The number of alkyl halides is 3. The van der Waals surface area contributed by atoms with Crippen LogP contribution in [0.25, 0.3) is 0 Å². The molecule has 150 valence electrons. The van der Waals surface area contributed by atoms with E-state index in [1.54, 1.807) is 17.9 Å². The van der Waals surface area contributed by atoms with Gasteiger partial charge >= 0.3 is 12.3 Å². The maximum atomic E-state index is 12.8. The van der Waals surface area contributed by atoms with Crippen LogP contribution >= 0.6 is 0 Å². The second-order valence-corrected chi connectivity index (χ2v) is 9.29. The molecule has 1 heterocycles. The van der Waals surface area contributed by atoms with E-state index in [0.717, 1.165) is 44.3 Å². The van der Waals surface area contributed by atoms with Crippen molar-refractivity contribution in [3.8, 4) is 0 Å². The highest BCUT2D eigenvalue weighted by Gasteiger charge is 2.50. The van der Waals surface area contributed by atoms with Gasteiger partial charge in [0, 0.05) is 18.5 Å². The van der Waals surface area contributed by atoms with Gasteiger partial charge in [0.1, 0.15) is 5.60 Å². The number of hydrogen-bond acceptors (Lipinski definition) is 2. The van der Waals surface area contributed by atoms with Gasteiger partial charge in [0.05, 0.1) is 5.56 Å². The predicted octanol–water partition coefficient (Wildman–Crippen LogP) is 5.59. The monoisotopic (exact) mass is 383 g/mol. The average Bonchev–Trinajstić information content (AvgIpc) is 2.89. The molecule has 6 heteroatoms. The molecule has 1 aromatic rings. The number of carbonyl (C=O) groups is 1. The van der Waals surface area contributed by atoms with Crippen molar-refractivity contribution in [2.24, 2.45) is 11.3 Å². The van der Waals surface area contributed by atoms with Gasteiger partial charge in [-0.05, 0) is 82.6 Å². The predicted molar refractivity (Wildman–Crippen MR) is 97.5 cm³/mol. The SMILES string of the molecule is Cc1cc(C(F)(F)F)ccc1C[C@H]1CCC2(C1)CN(C(=O)OC(C)(C)C)C2. The van der Waals surface area contributed by atoms with Gasteiger partial charge in [0.15, 0.2) is 0 Å². The summed E-state index contributed by atoms with van der Waals surface area (Å²) in [5.41, 5.74) is 0.793. The standard InChI is InChI=1S/C21H28F3NO2/c1-14-9-17(21(22,23)24)6-5-16(14)10-15-7-8-20(11-15)12-25(13-20)18(26)27-19(2,3)4/h5-6,9,15H,7-8,10-13H2,1-4H3/t15-/m1/s1. The summed E-state index contributed by atoms with van der Waals surface area (Å²) in [6.07, 6.45) is -0.600. The summed E-state index contributed by atoms with van der Waals surface area (Å²) < 4.78 is 43.9. The van der Waals surface area contributed by atoms with Crippen LogP contribution in [0.4, 0.5) is 18.0 Å². The molecule has 2 aliphatic rings. The van der Waals surface area contributed by atoms with E-state index >= 15 is 0 Å². The summed E-state index contributed by atoms with van der Waals surface area (Å²) >= 11 is 0. The lowest BCUT2D eigenvalue weighted by atomic mass is 9.77. The number of rotatable bonds is 2. The maximum absolute atomic E-state index is 12.8. The first-order chi connectivity index (χ1) is 12.4. The number of amides is 1. The minimum atomic E-state index is -4.29. The first kappa shape index (κ1) is 20.0. The highest BCUT2D eigenvalue weighted by molar-refractivity contribution is 5.69. The zero-order chi connectivity index (χ0) is 20.0. The number of halogens is 3. The van der Waals surface area contributed by atoms with Crippen molar-refractivity contribution in [1.82, 2.24) is 4.90 Å². The van der Waals surface area contributed by atoms with E-state index in [1.165, 1.54) is 12.1 Å². The van der Waals surface area contributed by atoms with Crippen molar-refractivity contribution in [3.63, 3.8) is 0 Å². The Morgan fingerprint density at radius 1 is 1.26 bits per heavy atom. The number of nitrogens with zero attached hydrogens (tertiary/aromatic N) is 1. The van der Waals surface area contributed by atoms with Gasteiger partial charge in [-0.15, -0.1) is 0 Å². The van der Waals surface area contributed by atoms with E-state index in [2.05, 4.69) is 0 Å². The molecule has 1 aliphatic carbocycles. The fourth-order valence-corrected chi connectivity index (χ4v) is 4.42. The van der Waals surface area contributed by atoms with Crippen LogP contribution < -0.4 is 0 Å². The summed E-state index contributed by atoms with van der Waals surface area (Å²) in [5, 5.41) is 0. The van der Waals surface area contributed by atoms with Crippen LogP contribution in [0.15, 0.2) is 18.2 Å². The second kappa shape index (κ2) is 6.71. The molecule has 1 aromatic carbocycles. The molecule has 3 rings (SSSR count). The van der Waals surface area contributed by atoms with Crippen LogP contribution in [0, 0.1) is 18.3 Å². The van der Waals surface area contributed by atoms with E-state index in [0.29, 0.717) is 11.5 Å². The molecule has 2 fully saturated rings. The first-order valence-electron chi connectivity index (χ1n) is 9.52. The lowest BCUT2D eigenvalue weighted by molar-refractivity contribution is -0.137. The number of likely N-dealkylation sites (tertiary alicyclic amines) is 1. The number of ether oxygens (including phenoxy) is 1. The van der Waals surface area contributed by atoms with Gasteiger partial charge in [-0.2, -0.15) is 13.2 Å². The minimum absolute atomic E-state index is 0.168. The van der Waals surface area contributed by atoms with Crippen molar-refractivity contribution in [1.29, 1.82) is 0 Å². The maximum Gasteiger partial charge on any atom is 0.416 e. The van der Waals surface area contributed by atoms with E-state index in [4.69, 9.17) is 4.74 Å². The Hall–Kier alpha value is -1.72. The quantitative estimate of drug-likeness (QED) is 0.666. The van der Waals surface area contributed by atoms with Crippen molar-refractivity contribution in [2.75, 3.05) is 13.1 Å².